The molecule has 2 heterocycles. The Morgan fingerprint density at radius 2 is 2.09 bits per heavy atom. The van der Waals surface area contributed by atoms with E-state index in [1.54, 1.807) is 6.20 Å². The van der Waals surface area contributed by atoms with Crippen molar-refractivity contribution in [3.05, 3.63) is 48.2 Å². The number of aromatic nitrogens is 5. The maximum Gasteiger partial charge on any atom is 0.313 e. The van der Waals surface area contributed by atoms with E-state index in [9.17, 15) is 4.79 Å². The third kappa shape index (κ3) is 3.26. The lowest BCUT2D eigenvalue weighted by Crippen LogP contribution is -2.11. The van der Waals surface area contributed by atoms with E-state index < -0.39 is 5.97 Å². The van der Waals surface area contributed by atoms with E-state index in [2.05, 4.69) is 20.4 Å². The molecule has 0 aliphatic carbocycles. The van der Waals surface area contributed by atoms with E-state index in [4.69, 9.17) is 5.11 Å². The summed E-state index contributed by atoms with van der Waals surface area (Å²) in [7, 11) is 0. The first kappa shape index (κ1) is 15.3. The summed E-state index contributed by atoms with van der Waals surface area (Å²) in [6.07, 6.45) is 1.64. The number of carboxylic acids is 1. The molecule has 0 saturated carbocycles. The molecule has 8 heteroatoms. The maximum absolute atomic E-state index is 10.9. The average molecular weight is 329 g/mol. The molecule has 1 aromatic carbocycles. The van der Waals surface area contributed by atoms with Gasteiger partial charge >= 0.3 is 5.97 Å². The third-order valence-electron chi connectivity index (χ3n) is 3.40. The Balaban J connectivity index is 2.03. The second-order valence-electron chi connectivity index (χ2n) is 4.92. The summed E-state index contributed by atoms with van der Waals surface area (Å²) in [6, 6.07) is 11.7. The minimum atomic E-state index is -0.889. The van der Waals surface area contributed by atoms with Gasteiger partial charge in [0.15, 0.2) is 11.0 Å². The zero-order valence-corrected chi connectivity index (χ0v) is 13.2. The summed E-state index contributed by atoms with van der Waals surface area (Å²) in [4.78, 5) is 10.9. The molecule has 0 aliphatic rings. The fraction of sp³-hybridized carbons (Fsp3) is 0.200. The summed E-state index contributed by atoms with van der Waals surface area (Å²) in [5, 5.41) is 24.7. The van der Waals surface area contributed by atoms with Gasteiger partial charge in [0.2, 0.25) is 0 Å². The van der Waals surface area contributed by atoms with Gasteiger partial charge in [-0.2, -0.15) is 5.10 Å². The number of nitrogens with zero attached hydrogens (tertiary/aromatic N) is 4. The lowest BCUT2D eigenvalue weighted by Gasteiger charge is -2.17. The average Bonchev–Trinajstić information content (AvgIpc) is 3.22. The highest BCUT2D eigenvalue weighted by atomic mass is 32.2. The number of rotatable bonds is 6. The first-order valence-electron chi connectivity index (χ1n) is 7.01. The van der Waals surface area contributed by atoms with Crippen molar-refractivity contribution in [2.45, 2.75) is 18.1 Å². The van der Waals surface area contributed by atoms with Crippen LogP contribution in [0, 0.1) is 0 Å². The maximum atomic E-state index is 10.9. The van der Waals surface area contributed by atoms with Crippen molar-refractivity contribution in [1.82, 2.24) is 25.0 Å². The predicted octanol–water partition coefficient (Wildman–Crippen LogP) is 2.45. The van der Waals surface area contributed by atoms with E-state index in [1.807, 2.05) is 47.9 Å². The van der Waals surface area contributed by atoms with Crippen molar-refractivity contribution < 1.29 is 9.90 Å². The monoisotopic (exact) mass is 329 g/mol. The number of H-pyrrole nitrogens is 1. The highest BCUT2D eigenvalue weighted by molar-refractivity contribution is 7.99. The highest BCUT2D eigenvalue weighted by Crippen LogP contribution is 2.30. The van der Waals surface area contributed by atoms with E-state index in [0.717, 1.165) is 23.0 Å². The van der Waals surface area contributed by atoms with Gasteiger partial charge in [-0.15, -0.1) is 10.2 Å². The van der Waals surface area contributed by atoms with Crippen LogP contribution in [0.1, 0.15) is 18.5 Å². The molecule has 0 aliphatic heterocycles. The van der Waals surface area contributed by atoms with Crippen molar-refractivity contribution in [1.29, 1.82) is 0 Å². The Kier molecular flexibility index (Phi) is 4.42. The topological polar surface area (TPSA) is 96.7 Å². The molecular weight excluding hydrogens is 314 g/mol. The quantitative estimate of drug-likeness (QED) is 0.674. The van der Waals surface area contributed by atoms with Crippen LogP contribution in [0.4, 0.5) is 0 Å². The number of hydrogen-bond acceptors (Lipinski definition) is 5. The Labute approximate surface area is 136 Å². The lowest BCUT2D eigenvalue weighted by molar-refractivity contribution is -0.133. The number of aliphatic carboxylic acids is 1. The number of carboxylic acid groups (broad SMARTS) is 1. The second-order valence-corrected chi connectivity index (χ2v) is 5.86. The molecule has 23 heavy (non-hydrogen) atoms. The van der Waals surface area contributed by atoms with Gasteiger partial charge in [0.1, 0.15) is 5.69 Å². The fourth-order valence-electron chi connectivity index (χ4n) is 2.30. The van der Waals surface area contributed by atoms with Gasteiger partial charge in [-0.3, -0.25) is 14.5 Å². The Hall–Kier alpha value is -2.61. The number of aromatic amines is 1. The Morgan fingerprint density at radius 1 is 1.30 bits per heavy atom. The normalized spacial score (nSPS) is 12.2. The molecule has 118 valence electrons. The van der Waals surface area contributed by atoms with E-state index in [-0.39, 0.29) is 11.8 Å². The molecule has 7 nitrogen and oxygen atoms in total. The molecule has 0 unspecified atom stereocenters. The van der Waals surface area contributed by atoms with Gasteiger partial charge in [-0.05, 0) is 18.6 Å². The van der Waals surface area contributed by atoms with Crippen LogP contribution in [-0.2, 0) is 4.79 Å². The smallest absolute Gasteiger partial charge is 0.313 e. The number of thioether (sulfide) groups is 1. The van der Waals surface area contributed by atoms with Gasteiger partial charge in [0.25, 0.3) is 0 Å². The van der Waals surface area contributed by atoms with Crippen LogP contribution in [0.15, 0.2) is 47.8 Å². The summed E-state index contributed by atoms with van der Waals surface area (Å²) in [5.41, 5.74) is 1.83. The molecule has 0 spiro atoms. The van der Waals surface area contributed by atoms with Crippen molar-refractivity contribution in [2.75, 3.05) is 5.75 Å². The third-order valence-corrected chi connectivity index (χ3v) is 4.33. The molecule has 2 N–H and O–H groups in total. The van der Waals surface area contributed by atoms with E-state index in [0.29, 0.717) is 11.0 Å². The number of nitrogens with one attached hydrogen (secondary N) is 1. The highest BCUT2D eigenvalue weighted by Gasteiger charge is 2.21. The summed E-state index contributed by atoms with van der Waals surface area (Å²) < 4.78 is 1.93. The standard InChI is InChI=1S/C15H15N5O2S/c1-10(11-5-3-2-4-6-11)20-14(12-7-8-16-17-12)18-19-15(20)23-9-13(21)22/h2-8,10H,9H2,1H3,(H,16,17)(H,21,22)/t10-/m0/s1. The van der Waals surface area contributed by atoms with Gasteiger partial charge in [-0.1, -0.05) is 42.1 Å². The van der Waals surface area contributed by atoms with Crippen LogP contribution in [0.2, 0.25) is 0 Å². The van der Waals surface area contributed by atoms with Crippen LogP contribution in [0.5, 0.6) is 0 Å². The van der Waals surface area contributed by atoms with Crippen LogP contribution < -0.4 is 0 Å². The Morgan fingerprint density at radius 3 is 2.74 bits per heavy atom. The van der Waals surface area contributed by atoms with E-state index >= 15 is 0 Å². The molecule has 3 aromatic rings. The molecule has 0 saturated heterocycles. The number of carbonyl (C=O) groups is 1. The SMILES string of the molecule is C[C@@H](c1ccccc1)n1c(SCC(=O)O)nnc1-c1ccn[nH]1. The second kappa shape index (κ2) is 6.66. The molecule has 0 fully saturated rings. The Bertz CT molecular complexity index is 786. The van der Waals surface area contributed by atoms with Crippen LogP contribution in [-0.4, -0.2) is 41.8 Å². The van der Waals surface area contributed by atoms with Crippen molar-refractivity contribution in [3.8, 4) is 11.5 Å². The first-order valence-corrected chi connectivity index (χ1v) is 7.99. The molecular formula is C15H15N5O2S. The molecule has 1 atom stereocenters. The summed E-state index contributed by atoms with van der Waals surface area (Å²) in [5.74, 6) is -0.324. The lowest BCUT2D eigenvalue weighted by atomic mass is 10.1. The predicted molar refractivity (Wildman–Crippen MR) is 86.2 cm³/mol. The van der Waals surface area contributed by atoms with Gasteiger partial charge in [0.05, 0.1) is 11.8 Å². The minimum absolute atomic E-state index is 0.0409. The van der Waals surface area contributed by atoms with Crippen molar-refractivity contribution >= 4 is 17.7 Å². The molecule has 2 aromatic heterocycles. The largest absolute Gasteiger partial charge is 0.481 e. The first-order chi connectivity index (χ1) is 11.2. The number of hydrogen-bond donors (Lipinski definition) is 2. The van der Waals surface area contributed by atoms with Gasteiger partial charge < -0.3 is 5.11 Å². The van der Waals surface area contributed by atoms with Crippen LogP contribution in [0.25, 0.3) is 11.5 Å². The van der Waals surface area contributed by atoms with E-state index in [1.165, 1.54) is 0 Å². The molecule has 3 rings (SSSR count). The van der Waals surface area contributed by atoms with Crippen LogP contribution >= 0.6 is 11.8 Å². The number of benzene rings is 1. The fourth-order valence-corrected chi connectivity index (χ4v) is 3.03. The molecule has 0 amide bonds. The minimum Gasteiger partial charge on any atom is -0.481 e. The molecule has 0 bridgehead atoms. The zero-order valence-electron chi connectivity index (χ0n) is 12.4. The molecule has 0 radical (unpaired) electrons. The van der Waals surface area contributed by atoms with Gasteiger partial charge in [0, 0.05) is 6.20 Å². The summed E-state index contributed by atoms with van der Waals surface area (Å²) in [6.45, 7) is 2.03. The van der Waals surface area contributed by atoms with Crippen LogP contribution in [0.3, 0.4) is 0 Å². The van der Waals surface area contributed by atoms with Crippen molar-refractivity contribution in [2.24, 2.45) is 0 Å². The van der Waals surface area contributed by atoms with Gasteiger partial charge in [-0.25, -0.2) is 0 Å². The summed E-state index contributed by atoms with van der Waals surface area (Å²) >= 11 is 1.15. The van der Waals surface area contributed by atoms with Crippen molar-refractivity contribution in [3.63, 3.8) is 0 Å². The zero-order chi connectivity index (χ0) is 16.2.